The molecule has 126 valence electrons. The van der Waals surface area contributed by atoms with Crippen LogP contribution in [0.3, 0.4) is 0 Å². The molecule has 2 unspecified atom stereocenters. The molecule has 1 fully saturated rings. The lowest BCUT2D eigenvalue weighted by Crippen LogP contribution is -2.39. The van der Waals surface area contributed by atoms with Gasteiger partial charge in [-0.2, -0.15) is 0 Å². The average molecular weight is 346 g/mol. The van der Waals surface area contributed by atoms with E-state index in [4.69, 9.17) is 16.3 Å². The number of amides is 1. The van der Waals surface area contributed by atoms with Crippen molar-refractivity contribution in [2.45, 2.75) is 25.4 Å². The zero-order valence-corrected chi connectivity index (χ0v) is 14.4. The van der Waals surface area contributed by atoms with Crippen LogP contribution < -0.4 is 20.9 Å². The smallest absolute Gasteiger partial charge is 0.243 e. The number of ether oxygens (including phenoxy) is 1. The van der Waals surface area contributed by atoms with E-state index < -0.39 is 0 Å². The van der Waals surface area contributed by atoms with Crippen molar-refractivity contribution in [3.63, 3.8) is 0 Å². The SMILES string of the molecule is COc1ccc(C)cc1NC(=O)C1CC(c2ccccc2Cl)NN1. The largest absolute Gasteiger partial charge is 0.495 e. The van der Waals surface area contributed by atoms with Crippen LogP contribution in [0.25, 0.3) is 0 Å². The predicted molar refractivity (Wildman–Crippen MR) is 95.2 cm³/mol. The quantitative estimate of drug-likeness (QED) is 0.796. The van der Waals surface area contributed by atoms with Gasteiger partial charge in [-0.25, -0.2) is 10.9 Å². The van der Waals surface area contributed by atoms with Crippen LogP contribution in [0.15, 0.2) is 42.5 Å². The summed E-state index contributed by atoms with van der Waals surface area (Å²) in [4.78, 5) is 12.6. The number of hydrogen-bond donors (Lipinski definition) is 3. The number of anilines is 1. The van der Waals surface area contributed by atoms with Gasteiger partial charge in [-0.15, -0.1) is 0 Å². The summed E-state index contributed by atoms with van der Waals surface area (Å²) in [6, 6.07) is 13.0. The lowest BCUT2D eigenvalue weighted by atomic mass is 10.0. The first kappa shape index (κ1) is 16.8. The molecular formula is C18H20ClN3O2. The number of rotatable bonds is 4. The summed E-state index contributed by atoms with van der Waals surface area (Å²) >= 11 is 6.23. The maximum atomic E-state index is 12.6. The Bertz CT molecular complexity index is 751. The van der Waals surface area contributed by atoms with E-state index in [1.54, 1.807) is 7.11 Å². The molecule has 1 aliphatic rings. The molecule has 0 bridgehead atoms. The molecule has 2 aromatic rings. The molecule has 0 aromatic heterocycles. The Kier molecular flexibility index (Phi) is 5.04. The van der Waals surface area contributed by atoms with Crippen molar-refractivity contribution in [2.75, 3.05) is 12.4 Å². The van der Waals surface area contributed by atoms with Gasteiger partial charge < -0.3 is 10.1 Å². The molecule has 3 rings (SSSR count). The highest BCUT2D eigenvalue weighted by Crippen LogP contribution is 2.30. The van der Waals surface area contributed by atoms with E-state index in [0.717, 1.165) is 11.1 Å². The zero-order chi connectivity index (χ0) is 17.1. The van der Waals surface area contributed by atoms with Crippen molar-refractivity contribution >= 4 is 23.2 Å². The Balaban J connectivity index is 1.69. The molecule has 1 amide bonds. The van der Waals surface area contributed by atoms with Crippen LogP contribution in [-0.4, -0.2) is 19.1 Å². The highest BCUT2D eigenvalue weighted by Gasteiger charge is 2.31. The van der Waals surface area contributed by atoms with Gasteiger partial charge in [0.2, 0.25) is 5.91 Å². The summed E-state index contributed by atoms with van der Waals surface area (Å²) in [5.74, 6) is 0.531. The number of carbonyl (C=O) groups is 1. The second kappa shape index (κ2) is 7.21. The standard InChI is InChI=1S/C18H20ClN3O2/c1-11-7-8-17(24-2)15(9-11)20-18(23)16-10-14(21-22-16)12-5-3-4-6-13(12)19/h3-9,14,16,21-22H,10H2,1-2H3,(H,20,23). The topological polar surface area (TPSA) is 62.4 Å². The van der Waals surface area contributed by atoms with Gasteiger partial charge >= 0.3 is 0 Å². The van der Waals surface area contributed by atoms with Crippen LogP contribution in [0.4, 0.5) is 5.69 Å². The van der Waals surface area contributed by atoms with Gasteiger partial charge in [0.25, 0.3) is 0 Å². The molecule has 1 saturated heterocycles. The van der Waals surface area contributed by atoms with Crippen LogP contribution in [0.1, 0.15) is 23.6 Å². The molecule has 2 aromatic carbocycles. The molecule has 0 saturated carbocycles. The van der Waals surface area contributed by atoms with Gasteiger partial charge in [-0.1, -0.05) is 35.9 Å². The van der Waals surface area contributed by atoms with E-state index in [1.165, 1.54) is 0 Å². The third kappa shape index (κ3) is 3.53. The number of hydrogen-bond acceptors (Lipinski definition) is 4. The predicted octanol–water partition coefficient (Wildman–Crippen LogP) is 3.20. The second-order valence-electron chi connectivity index (χ2n) is 5.84. The fourth-order valence-corrected chi connectivity index (χ4v) is 3.10. The summed E-state index contributed by atoms with van der Waals surface area (Å²) in [5, 5.41) is 3.62. The van der Waals surface area contributed by atoms with Gasteiger partial charge in [-0.3, -0.25) is 4.79 Å². The Morgan fingerprint density at radius 2 is 2.04 bits per heavy atom. The minimum atomic E-state index is -0.350. The number of halogens is 1. The van der Waals surface area contributed by atoms with Crippen molar-refractivity contribution in [1.29, 1.82) is 0 Å². The van der Waals surface area contributed by atoms with E-state index in [0.29, 0.717) is 22.9 Å². The van der Waals surface area contributed by atoms with Crippen molar-refractivity contribution in [3.8, 4) is 5.75 Å². The molecule has 1 heterocycles. The summed E-state index contributed by atoms with van der Waals surface area (Å²) in [5.41, 5.74) is 8.89. The minimum Gasteiger partial charge on any atom is -0.495 e. The third-order valence-corrected chi connectivity index (χ3v) is 4.46. The molecule has 24 heavy (non-hydrogen) atoms. The van der Waals surface area contributed by atoms with Crippen LogP contribution >= 0.6 is 11.6 Å². The maximum Gasteiger partial charge on any atom is 0.243 e. The molecule has 1 aliphatic heterocycles. The highest BCUT2D eigenvalue weighted by molar-refractivity contribution is 6.31. The Morgan fingerprint density at radius 3 is 2.79 bits per heavy atom. The van der Waals surface area contributed by atoms with Crippen molar-refractivity contribution in [1.82, 2.24) is 10.9 Å². The normalized spacial score (nSPS) is 20.0. The van der Waals surface area contributed by atoms with Gasteiger partial charge in [0, 0.05) is 11.1 Å². The van der Waals surface area contributed by atoms with E-state index >= 15 is 0 Å². The molecule has 0 aliphatic carbocycles. The molecule has 0 radical (unpaired) electrons. The van der Waals surface area contributed by atoms with E-state index in [9.17, 15) is 4.79 Å². The third-order valence-electron chi connectivity index (χ3n) is 4.11. The summed E-state index contributed by atoms with van der Waals surface area (Å²) < 4.78 is 5.30. The van der Waals surface area contributed by atoms with E-state index in [2.05, 4.69) is 16.2 Å². The first-order valence-electron chi connectivity index (χ1n) is 7.79. The highest BCUT2D eigenvalue weighted by atomic mass is 35.5. The van der Waals surface area contributed by atoms with Gasteiger partial charge in [0.1, 0.15) is 11.8 Å². The number of hydrazine groups is 1. The lowest BCUT2D eigenvalue weighted by molar-refractivity contribution is -0.117. The number of carbonyl (C=O) groups excluding carboxylic acids is 1. The zero-order valence-electron chi connectivity index (χ0n) is 13.6. The van der Waals surface area contributed by atoms with Crippen molar-refractivity contribution in [2.24, 2.45) is 0 Å². The molecular weight excluding hydrogens is 326 g/mol. The second-order valence-corrected chi connectivity index (χ2v) is 6.25. The number of methoxy groups -OCH3 is 1. The Morgan fingerprint density at radius 1 is 1.25 bits per heavy atom. The molecule has 6 heteroatoms. The van der Waals surface area contributed by atoms with Crippen LogP contribution in [0.2, 0.25) is 5.02 Å². The summed E-state index contributed by atoms with van der Waals surface area (Å²) in [6.07, 6.45) is 0.615. The molecule has 2 atom stereocenters. The van der Waals surface area contributed by atoms with Crippen molar-refractivity contribution < 1.29 is 9.53 Å². The first-order chi connectivity index (χ1) is 11.6. The minimum absolute atomic E-state index is 0.00569. The van der Waals surface area contributed by atoms with Crippen LogP contribution in [-0.2, 0) is 4.79 Å². The van der Waals surface area contributed by atoms with Gasteiger partial charge in [0.05, 0.1) is 12.8 Å². The number of benzene rings is 2. The van der Waals surface area contributed by atoms with Gasteiger partial charge in [0.15, 0.2) is 0 Å². The number of aryl methyl sites for hydroxylation is 1. The maximum absolute atomic E-state index is 12.6. The fraction of sp³-hybridized carbons (Fsp3) is 0.278. The van der Waals surface area contributed by atoms with Gasteiger partial charge in [-0.05, 0) is 42.7 Å². The lowest BCUT2D eigenvalue weighted by Gasteiger charge is -2.14. The van der Waals surface area contributed by atoms with Crippen LogP contribution in [0, 0.1) is 6.92 Å². The molecule has 0 spiro atoms. The van der Waals surface area contributed by atoms with Crippen molar-refractivity contribution in [3.05, 3.63) is 58.6 Å². The van der Waals surface area contributed by atoms with E-state index in [1.807, 2.05) is 49.4 Å². The fourth-order valence-electron chi connectivity index (χ4n) is 2.83. The Labute approximate surface area is 146 Å². The summed E-state index contributed by atoms with van der Waals surface area (Å²) in [6.45, 7) is 1.97. The monoisotopic (exact) mass is 345 g/mol. The molecule has 5 nitrogen and oxygen atoms in total. The van der Waals surface area contributed by atoms with Crippen LogP contribution in [0.5, 0.6) is 5.75 Å². The number of nitrogens with one attached hydrogen (secondary N) is 3. The summed E-state index contributed by atoms with van der Waals surface area (Å²) in [7, 11) is 1.59. The average Bonchev–Trinajstić information content (AvgIpc) is 3.05. The molecule has 3 N–H and O–H groups in total. The van der Waals surface area contributed by atoms with E-state index in [-0.39, 0.29) is 18.0 Å². The first-order valence-corrected chi connectivity index (χ1v) is 8.17. The Hall–Kier alpha value is -2.08.